The number of nitrogens with two attached hydrogens (primary N) is 1. The molecule has 0 saturated carbocycles. The van der Waals surface area contributed by atoms with Gasteiger partial charge in [-0.25, -0.2) is 4.79 Å². The maximum atomic E-state index is 12.1. The van der Waals surface area contributed by atoms with Crippen molar-refractivity contribution in [3.63, 3.8) is 0 Å². The van der Waals surface area contributed by atoms with Gasteiger partial charge in [0.05, 0.1) is 0 Å². The van der Waals surface area contributed by atoms with Crippen LogP contribution in [0.1, 0.15) is 53.4 Å². The van der Waals surface area contributed by atoms with Gasteiger partial charge >= 0.3 is 6.09 Å². The van der Waals surface area contributed by atoms with E-state index in [1.165, 1.54) is 0 Å². The van der Waals surface area contributed by atoms with Gasteiger partial charge in [0.2, 0.25) is 0 Å². The van der Waals surface area contributed by atoms with Crippen molar-refractivity contribution in [3.05, 3.63) is 0 Å². The zero-order chi connectivity index (χ0) is 16.6. The zero-order valence-corrected chi connectivity index (χ0v) is 17.3. The van der Waals surface area contributed by atoms with E-state index in [-0.39, 0.29) is 30.1 Å². The number of hydrogen-bond acceptors (Lipinski definition) is 3. The first-order valence-electron chi connectivity index (χ1n) is 8.33. The molecule has 1 saturated heterocycles. The van der Waals surface area contributed by atoms with Gasteiger partial charge in [-0.05, 0) is 46.0 Å². The lowest BCUT2D eigenvalue weighted by Gasteiger charge is -2.33. The number of halogens is 1. The van der Waals surface area contributed by atoms with Crippen molar-refractivity contribution in [1.82, 2.24) is 10.2 Å². The third kappa shape index (κ3) is 9.88. The van der Waals surface area contributed by atoms with E-state index in [0.29, 0.717) is 25.0 Å². The van der Waals surface area contributed by atoms with E-state index in [4.69, 9.17) is 10.5 Å². The lowest BCUT2D eigenvalue weighted by atomic mass is 9.98. The SMILES string of the molecule is CCCCNC(N)=NCC1CCCN(C(=O)OC(C)(C)C)C1.I. The summed E-state index contributed by atoms with van der Waals surface area (Å²) >= 11 is 0. The largest absolute Gasteiger partial charge is 0.444 e. The molecule has 136 valence electrons. The summed E-state index contributed by atoms with van der Waals surface area (Å²) in [6.07, 6.45) is 4.06. The quantitative estimate of drug-likeness (QED) is 0.298. The van der Waals surface area contributed by atoms with Crippen LogP contribution in [0.3, 0.4) is 0 Å². The first-order chi connectivity index (χ1) is 10.3. The second kappa shape index (κ2) is 10.9. The van der Waals surface area contributed by atoms with Gasteiger partial charge in [-0.15, -0.1) is 24.0 Å². The molecular weight excluding hydrogens is 407 g/mol. The fraction of sp³-hybridized carbons (Fsp3) is 0.875. The molecule has 1 heterocycles. The second-order valence-corrected chi connectivity index (χ2v) is 6.94. The highest BCUT2D eigenvalue weighted by atomic mass is 127. The third-order valence-electron chi connectivity index (χ3n) is 3.53. The number of aliphatic imine (C=N–C) groups is 1. The van der Waals surface area contributed by atoms with Crippen LogP contribution in [0.5, 0.6) is 0 Å². The molecule has 1 unspecified atom stereocenters. The summed E-state index contributed by atoms with van der Waals surface area (Å²) in [6, 6.07) is 0. The Labute approximate surface area is 157 Å². The number of guanidine groups is 1. The van der Waals surface area contributed by atoms with E-state index in [2.05, 4.69) is 17.2 Å². The molecule has 0 aromatic heterocycles. The number of rotatable bonds is 5. The van der Waals surface area contributed by atoms with Crippen molar-refractivity contribution in [3.8, 4) is 0 Å². The van der Waals surface area contributed by atoms with E-state index >= 15 is 0 Å². The normalized spacial score (nSPS) is 19.0. The van der Waals surface area contributed by atoms with Crippen LogP contribution < -0.4 is 11.1 Å². The summed E-state index contributed by atoms with van der Waals surface area (Å²) in [4.78, 5) is 18.3. The second-order valence-electron chi connectivity index (χ2n) is 6.94. The highest BCUT2D eigenvalue weighted by molar-refractivity contribution is 14.0. The van der Waals surface area contributed by atoms with Crippen molar-refractivity contribution in [2.75, 3.05) is 26.2 Å². The lowest BCUT2D eigenvalue weighted by Crippen LogP contribution is -2.43. The number of hydrogen-bond donors (Lipinski definition) is 2. The van der Waals surface area contributed by atoms with Crippen LogP contribution in [-0.2, 0) is 4.74 Å². The molecule has 0 aromatic rings. The number of nitrogens with one attached hydrogen (secondary N) is 1. The monoisotopic (exact) mass is 440 g/mol. The molecule has 0 spiro atoms. The van der Waals surface area contributed by atoms with Crippen LogP contribution in [0.25, 0.3) is 0 Å². The Morgan fingerprint density at radius 3 is 2.74 bits per heavy atom. The van der Waals surface area contributed by atoms with Gasteiger partial charge in [0.15, 0.2) is 5.96 Å². The van der Waals surface area contributed by atoms with Crippen molar-refractivity contribution in [1.29, 1.82) is 0 Å². The summed E-state index contributed by atoms with van der Waals surface area (Å²) in [5.41, 5.74) is 5.39. The van der Waals surface area contributed by atoms with E-state index in [9.17, 15) is 4.79 Å². The zero-order valence-electron chi connectivity index (χ0n) is 14.9. The number of ether oxygens (including phenoxy) is 1. The van der Waals surface area contributed by atoms with Crippen molar-refractivity contribution in [2.45, 2.75) is 59.0 Å². The van der Waals surface area contributed by atoms with Gasteiger partial charge in [0.1, 0.15) is 5.60 Å². The van der Waals surface area contributed by atoms with Crippen molar-refractivity contribution >= 4 is 36.0 Å². The summed E-state index contributed by atoms with van der Waals surface area (Å²) in [7, 11) is 0. The van der Waals surface area contributed by atoms with Gasteiger partial charge < -0.3 is 20.7 Å². The molecule has 1 aliphatic heterocycles. The predicted molar refractivity (Wildman–Crippen MR) is 105 cm³/mol. The highest BCUT2D eigenvalue weighted by Gasteiger charge is 2.27. The van der Waals surface area contributed by atoms with E-state index < -0.39 is 5.60 Å². The maximum absolute atomic E-state index is 12.1. The molecular formula is C16H33IN4O2. The number of amides is 1. The topological polar surface area (TPSA) is 80.0 Å². The molecule has 1 amide bonds. The number of nitrogens with zero attached hydrogens (tertiary/aromatic N) is 2. The number of carbonyl (C=O) groups is 1. The maximum Gasteiger partial charge on any atom is 0.410 e. The molecule has 0 bridgehead atoms. The van der Waals surface area contributed by atoms with Gasteiger partial charge in [-0.2, -0.15) is 0 Å². The third-order valence-corrected chi connectivity index (χ3v) is 3.53. The summed E-state index contributed by atoms with van der Waals surface area (Å²) in [6.45, 7) is 10.8. The smallest absolute Gasteiger partial charge is 0.410 e. The van der Waals surface area contributed by atoms with Gasteiger partial charge in [0.25, 0.3) is 0 Å². The van der Waals surface area contributed by atoms with E-state index in [1.54, 1.807) is 4.90 Å². The van der Waals surface area contributed by atoms with Gasteiger partial charge in [-0.1, -0.05) is 13.3 Å². The Kier molecular flexibility index (Phi) is 10.6. The van der Waals surface area contributed by atoms with E-state index in [0.717, 1.165) is 38.8 Å². The van der Waals surface area contributed by atoms with Crippen LogP contribution in [0, 0.1) is 5.92 Å². The van der Waals surface area contributed by atoms with Gasteiger partial charge in [-0.3, -0.25) is 4.99 Å². The van der Waals surface area contributed by atoms with Crippen LogP contribution >= 0.6 is 24.0 Å². The minimum Gasteiger partial charge on any atom is -0.444 e. The fourth-order valence-electron chi connectivity index (χ4n) is 2.38. The van der Waals surface area contributed by atoms with Crippen molar-refractivity contribution in [2.24, 2.45) is 16.6 Å². The molecule has 0 aromatic carbocycles. The minimum absolute atomic E-state index is 0. The molecule has 1 atom stereocenters. The Balaban J connectivity index is 0.00000484. The molecule has 0 aliphatic carbocycles. The number of piperidine rings is 1. The highest BCUT2D eigenvalue weighted by Crippen LogP contribution is 2.19. The number of carbonyl (C=O) groups excluding carboxylic acids is 1. The average molecular weight is 440 g/mol. The van der Waals surface area contributed by atoms with Crippen molar-refractivity contribution < 1.29 is 9.53 Å². The Morgan fingerprint density at radius 2 is 2.13 bits per heavy atom. The minimum atomic E-state index is -0.449. The predicted octanol–water partition coefficient (Wildman–Crippen LogP) is 2.96. The van der Waals surface area contributed by atoms with Gasteiger partial charge in [0, 0.05) is 26.2 Å². The Hall–Kier alpha value is -0.730. The lowest BCUT2D eigenvalue weighted by molar-refractivity contribution is 0.0171. The van der Waals surface area contributed by atoms with Crippen LogP contribution in [0.4, 0.5) is 4.79 Å². The summed E-state index contributed by atoms with van der Waals surface area (Å²) in [5, 5.41) is 3.11. The summed E-state index contributed by atoms with van der Waals surface area (Å²) < 4.78 is 5.43. The average Bonchev–Trinajstić information content (AvgIpc) is 2.44. The van der Waals surface area contributed by atoms with Crippen LogP contribution in [0.2, 0.25) is 0 Å². The molecule has 1 aliphatic rings. The van der Waals surface area contributed by atoms with E-state index in [1.807, 2.05) is 20.8 Å². The molecule has 7 heteroatoms. The molecule has 6 nitrogen and oxygen atoms in total. The standard InChI is InChI=1S/C16H32N4O2.HI/c1-5-6-9-18-14(17)19-11-13-8-7-10-20(12-13)15(21)22-16(2,3)4;/h13H,5-12H2,1-4H3,(H3,17,18,19);1H. The Bertz CT molecular complexity index is 383. The molecule has 0 radical (unpaired) electrons. The molecule has 1 fully saturated rings. The number of likely N-dealkylation sites (tertiary alicyclic amines) is 1. The Morgan fingerprint density at radius 1 is 1.43 bits per heavy atom. The van der Waals surface area contributed by atoms with Crippen LogP contribution in [0.15, 0.2) is 4.99 Å². The first-order valence-corrected chi connectivity index (χ1v) is 8.33. The van der Waals surface area contributed by atoms with Crippen LogP contribution in [-0.4, -0.2) is 48.7 Å². The number of unbranched alkanes of at least 4 members (excludes halogenated alkanes) is 1. The summed E-state index contributed by atoms with van der Waals surface area (Å²) in [5.74, 6) is 0.857. The first kappa shape index (κ1) is 22.3. The molecule has 1 rings (SSSR count). The molecule has 23 heavy (non-hydrogen) atoms. The fourth-order valence-corrected chi connectivity index (χ4v) is 2.38. The molecule has 3 N–H and O–H groups in total.